The molecule has 0 atom stereocenters. The van der Waals surface area contributed by atoms with E-state index in [1.165, 1.54) is 37.7 Å². The molecular formula is C19H32N2O. The highest BCUT2D eigenvalue weighted by molar-refractivity contribution is 5.27. The SMILES string of the molecule is CC(C)Oc1ccc(CNCCN(C)C2CCCCC2)cc1. The molecule has 0 heterocycles. The molecule has 0 bridgehead atoms. The molecule has 1 aliphatic rings. The van der Waals surface area contributed by atoms with Crippen LogP contribution in [0.1, 0.15) is 51.5 Å². The number of hydrogen-bond acceptors (Lipinski definition) is 3. The molecule has 124 valence electrons. The van der Waals surface area contributed by atoms with E-state index in [1.54, 1.807) is 0 Å². The molecule has 0 aromatic heterocycles. The monoisotopic (exact) mass is 304 g/mol. The smallest absolute Gasteiger partial charge is 0.119 e. The van der Waals surface area contributed by atoms with Crippen LogP contribution in [0.2, 0.25) is 0 Å². The molecule has 0 saturated heterocycles. The van der Waals surface area contributed by atoms with E-state index in [0.717, 1.165) is 31.4 Å². The molecule has 0 spiro atoms. The predicted octanol–water partition coefficient (Wildman–Crippen LogP) is 3.83. The van der Waals surface area contributed by atoms with E-state index in [2.05, 4.69) is 55.4 Å². The quantitative estimate of drug-likeness (QED) is 0.739. The van der Waals surface area contributed by atoms with Gasteiger partial charge in [-0.1, -0.05) is 31.4 Å². The van der Waals surface area contributed by atoms with E-state index < -0.39 is 0 Å². The van der Waals surface area contributed by atoms with Gasteiger partial charge in [-0.3, -0.25) is 0 Å². The lowest BCUT2D eigenvalue weighted by molar-refractivity contribution is 0.192. The molecule has 1 fully saturated rings. The Bertz CT molecular complexity index is 410. The van der Waals surface area contributed by atoms with Gasteiger partial charge in [0.25, 0.3) is 0 Å². The zero-order chi connectivity index (χ0) is 15.8. The number of nitrogens with one attached hydrogen (secondary N) is 1. The molecule has 0 radical (unpaired) electrons. The van der Waals surface area contributed by atoms with Crippen molar-refractivity contribution in [1.29, 1.82) is 0 Å². The predicted molar refractivity (Wildman–Crippen MR) is 93.4 cm³/mol. The van der Waals surface area contributed by atoms with Crippen molar-refractivity contribution in [2.75, 3.05) is 20.1 Å². The molecule has 3 nitrogen and oxygen atoms in total. The third kappa shape index (κ3) is 5.98. The van der Waals surface area contributed by atoms with Gasteiger partial charge in [0.2, 0.25) is 0 Å². The minimum absolute atomic E-state index is 0.235. The molecule has 0 aliphatic heterocycles. The van der Waals surface area contributed by atoms with Crippen LogP contribution in [-0.2, 0) is 6.54 Å². The Morgan fingerprint density at radius 3 is 2.45 bits per heavy atom. The topological polar surface area (TPSA) is 24.5 Å². The minimum atomic E-state index is 0.235. The fourth-order valence-corrected chi connectivity index (χ4v) is 3.15. The molecule has 2 rings (SSSR count). The van der Waals surface area contributed by atoms with Crippen molar-refractivity contribution in [2.45, 2.75) is 64.6 Å². The van der Waals surface area contributed by atoms with Gasteiger partial charge in [-0.15, -0.1) is 0 Å². The highest BCUT2D eigenvalue weighted by Crippen LogP contribution is 2.21. The van der Waals surface area contributed by atoms with Crippen LogP contribution in [0.5, 0.6) is 5.75 Å². The maximum atomic E-state index is 5.67. The van der Waals surface area contributed by atoms with Crippen LogP contribution in [0, 0.1) is 0 Å². The molecule has 0 unspecified atom stereocenters. The highest BCUT2D eigenvalue weighted by Gasteiger charge is 2.17. The number of nitrogens with zero attached hydrogens (tertiary/aromatic N) is 1. The van der Waals surface area contributed by atoms with Crippen molar-refractivity contribution in [2.24, 2.45) is 0 Å². The summed E-state index contributed by atoms with van der Waals surface area (Å²) in [5.41, 5.74) is 1.32. The Morgan fingerprint density at radius 1 is 1.14 bits per heavy atom. The zero-order valence-electron chi connectivity index (χ0n) is 14.5. The van der Waals surface area contributed by atoms with Gasteiger partial charge >= 0.3 is 0 Å². The largest absolute Gasteiger partial charge is 0.491 e. The maximum Gasteiger partial charge on any atom is 0.119 e. The lowest BCUT2D eigenvalue weighted by atomic mass is 9.94. The van der Waals surface area contributed by atoms with Gasteiger partial charge in [-0.05, 0) is 51.4 Å². The van der Waals surface area contributed by atoms with E-state index in [-0.39, 0.29) is 6.10 Å². The second kappa shape index (κ2) is 9.16. The van der Waals surface area contributed by atoms with Crippen molar-refractivity contribution in [3.63, 3.8) is 0 Å². The Balaban J connectivity index is 1.63. The molecule has 3 heteroatoms. The molecule has 1 aromatic carbocycles. The van der Waals surface area contributed by atoms with Crippen molar-refractivity contribution in [1.82, 2.24) is 10.2 Å². The summed E-state index contributed by atoms with van der Waals surface area (Å²) >= 11 is 0. The van der Waals surface area contributed by atoms with Crippen molar-refractivity contribution >= 4 is 0 Å². The van der Waals surface area contributed by atoms with Crippen molar-refractivity contribution in [3.05, 3.63) is 29.8 Å². The lowest BCUT2D eigenvalue weighted by Gasteiger charge is -2.31. The van der Waals surface area contributed by atoms with E-state index in [4.69, 9.17) is 4.74 Å². The summed E-state index contributed by atoms with van der Waals surface area (Å²) in [6, 6.07) is 9.23. The van der Waals surface area contributed by atoms with E-state index in [1.807, 2.05) is 0 Å². The summed E-state index contributed by atoms with van der Waals surface area (Å²) in [6.07, 6.45) is 7.25. The number of rotatable bonds is 8. The number of benzene rings is 1. The number of ether oxygens (including phenoxy) is 1. The summed E-state index contributed by atoms with van der Waals surface area (Å²) in [6.45, 7) is 7.23. The molecule has 1 saturated carbocycles. The molecule has 1 aliphatic carbocycles. The van der Waals surface area contributed by atoms with Gasteiger partial charge in [-0.2, -0.15) is 0 Å². The first-order chi connectivity index (χ1) is 10.6. The summed E-state index contributed by atoms with van der Waals surface area (Å²) < 4.78 is 5.67. The Morgan fingerprint density at radius 2 is 1.82 bits per heavy atom. The fourth-order valence-electron chi connectivity index (χ4n) is 3.15. The second-order valence-corrected chi connectivity index (χ2v) is 6.76. The maximum absolute atomic E-state index is 5.67. The average molecular weight is 304 g/mol. The van der Waals surface area contributed by atoms with Crippen molar-refractivity contribution < 1.29 is 4.74 Å². The zero-order valence-corrected chi connectivity index (χ0v) is 14.5. The van der Waals surface area contributed by atoms with Crippen LogP contribution in [0.4, 0.5) is 0 Å². The molecule has 1 aromatic rings. The summed E-state index contributed by atoms with van der Waals surface area (Å²) in [4.78, 5) is 2.53. The van der Waals surface area contributed by atoms with Gasteiger partial charge in [-0.25, -0.2) is 0 Å². The van der Waals surface area contributed by atoms with Crippen LogP contribution in [0.25, 0.3) is 0 Å². The fraction of sp³-hybridized carbons (Fsp3) is 0.684. The second-order valence-electron chi connectivity index (χ2n) is 6.76. The third-order valence-corrected chi connectivity index (χ3v) is 4.46. The molecular weight excluding hydrogens is 272 g/mol. The average Bonchev–Trinajstić information content (AvgIpc) is 2.53. The standard InChI is InChI=1S/C19H32N2O/c1-16(2)22-19-11-9-17(10-12-19)15-20-13-14-21(3)18-7-5-4-6-8-18/h9-12,16,18,20H,4-8,13-15H2,1-3H3. The van der Waals surface area contributed by atoms with E-state index >= 15 is 0 Å². The Labute approximate surface area is 136 Å². The van der Waals surface area contributed by atoms with Crippen LogP contribution < -0.4 is 10.1 Å². The van der Waals surface area contributed by atoms with Gasteiger partial charge in [0, 0.05) is 25.7 Å². The summed E-state index contributed by atoms with van der Waals surface area (Å²) in [5, 5.41) is 3.55. The first kappa shape index (κ1) is 17.3. The number of hydrogen-bond donors (Lipinski definition) is 1. The van der Waals surface area contributed by atoms with Gasteiger partial charge < -0.3 is 15.0 Å². The third-order valence-electron chi connectivity index (χ3n) is 4.46. The summed E-state index contributed by atoms with van der Waals surface area (Å²) in [5.74, 6) is 0.954. The Kier molecular flexibility index (Phi) is 7.20. The normalized spacial score (nSPS) is 16.4. The van der Waals surface area contributed by atoms with Crippen LogP contribution >= 0.6 is 0 Å². The summed E-state index contributed by atoms with van der Waals surface area (Å²) in [7, 11) is 2.27. The number of likely N-dealkylation sites (N-methyl/N-ethyl adjacent to an activating group) is 1. The van der Waals surface area contributed by atoms with E-state index in [0.29, 0.717) is 0 Å². The molecule has 0 amide bonds. The van der Waals surface area contributed by atoms with Gasteiger partial charge in [0.05, 0.1) is 6.10 Å². The van der Waals surface area contributed by atoms with Crippen LogP contribution in [0.3, 0.4) is 0 Å². The van der Waals surface area contributed by atoms with E-state index in [9.17, 15) is 0 Å². The highest BCUT2D eigenvalue weighted by atomic mass is 16.5. The van der Waals surface area contributed by atoms with Crippen LogP contribution in [-0.4, -0.2) is 37.2 Å². The van der Waals surface area contributed by atoms with Gasteiger partial charge in [0.1, 0.15) is 5.75 Å². The minimum Gasteiger partial charge on any atom is -0.491 e. The van der Waals surface area contributed by atoms with Crippen molar-refractivity contribution in [3.8, 4) is 5.75 Å². The first-order valence-electron chi connectivity index (χ1n) is 8.81. The Hall–Kier alpha value is -1.06. The molecule has 1 N–H and O–H groups in total. The van der Waals surface area contributed by atoms with Gasteiger partial charge in [0.15, 0.2) is 0 Å². The van der Waals surface area contributed by atoms with Crippen LogP contribution in [0.15, 0.2) is 24.3 Å². The first-order valence-corrected chi connectivity index (χ1v) is 8.81. The lowest BCUT2D eigenvalue weighted by Crippen LogP contribution is -2.38. The molecule has 22 heavy (non-hydrogen) atoms.